The van der Waals surface area contributed by atoms with Gasteiger partial charge in [-0.25, -0.2) is 4.98 Å². The van der Waals surface area contributed by atoms with Gasteiger partial charge in [-0.2, -0.15) is 5.10 Å². The molecule has 2 aromatic rings. The predicted molar refractivity (Wildman–Crippen MR) is 95.4 cm³/mol. The number of pyridine rings is 1. The first-order valence-corrected chi connectivity index (χ1v) is 8.33. The molecule has 0 saturated carbocycles. The number of nitrogens with zero attached hydrogens (tertiary/aromatic N) is 2. The second kappa shape index (κ2) is 9.36. The number of fused-ring (bicyclic) bond motifs is 1. The normalized spacial score (nSPS) is 12.0. The molecule has 0 unspecified atom stereocenters. The second-order valence-electron chi connectivity index (χ2n) is 4.87. The van der Waals surface area contributed by atoms with Crippen LogP contribution in [-0.4, -0.2) is 41.5 Å². The van der Waals surface area contributed by atoms with E-state index >= 15 is 0 Å². The van der Waals surface area contributed by atoms with Crippen LogP contribution in [0.15, 0.2) is 18.5 Å². The Morgan fingerprint density at radius 1 is 1.39 bits per heavy atom. The largest absolute Gasteiger partial charge is 0.404 e. The van der Waals surface area contributed by atoms with Gasteiger partial charge in [0.25, 0.3) is 0 Å². The lowest BCUT2D eigenvalue weighted by atomic mass is 10.2. The first kappa shape index (κ1) is 17.5. The number of aromatic nitrogens is 3. The second-order valence-corrected chi connectivity index (χ2v) is 5.55. The average Bonchev–Trinajstić information content (AvgIpc) is 3.04. The van der Waals surface area contributed by atoms with Gasteiger partial charge in [-0.1, -0.05) is 0 Å². The molecule has 0 atom stereocenters. The van der Waals surface area contributed by atoms with Crippen molar-refractivity contribution in [3.8, 4) is 0 Å². The van der Waals surface area contributed by atoms with E-state index in [1.165, 1.54) is 6.20 Å². The lowest BCUT2D eigenvalue weighted by molar-refractivity contribution is 0.140. The van der Waals surface area contributed by atoms with E-state index in [9.17, 15) is 0 Å². The Morgan fingerprint density at radius 3 is 3.00 bits per heavy atom. The van der Waals surface area contributed by atoms with Crippen molar-refractivity contribution in [2.45, 2.75) is 12.8 Å². The van der Waals surface area contributed by atoms with E-state index in [-0.39, 0.29) is 0 Å². The Bertz CT molecular complexity index is 643. The smallest absolute Gasteiger partial charge is 0.137 e. The van der Waals surface area contributed by atoms with Crippen molar-refractivity contribution in [3.63, 3.8) is 0 Å². The molecular weight excluding hydrogens is 314 g/mol. The molecule has 8 nitrogen and oxygen atoms in total. The zero-order valence-electron chi connectivity index (χ0n) is 12.9. The third kappa shape index (κ3) is 4.83. The molecule has 0 fully saturated rings. The molecule has 0 amide bonds. The number of nitrogens with one attached hydrogen (secondary N) is 2. The summed E-state index contributed by atoms with van der Waals surface area (Å²) in [5.41, 5.74) is 12.6. The number of aromatic amines is 1. The van der Waals surface area contributed by atoms with Gasteiger partial charge in [-0.15, -0.1) is 0 Å². The molecule has 2 heterocycles. The number of unbranched alkanes of at least 4 members (excludes halogenated alkanes) is 1. The van der Waals surface area contributed by atoms with Gasteiger partial charge in [-0.3, -0.25) is 10.2 Å². The summed E-state index contributed by atoms with van der Waals surface area (Å²) in [4.78, 5) is 5.27. The van der Waals surface area contributed by atoms with Crippen LogP contribution in [0.5, 0.6) is 0 Å². The van der Waals surface area contributed by atoms with Gasteiger partial charge >= 0.3 is 0 Å². The van der Waals surface area contributed by atoms with E-state index in [1.807, 2.05) is 6.07 Å². The van der Waals surface area contributed by atoms with Crippen molar-refractivity contribution in [2.75, 3.05) is 31.6 Å². The highest BCUT2D eigenvalue weighted by atomic mass is 32.2. The minimum Gasteiger partial charge on any atom is -0.404 e. The quantitative estimate of drug-likeness (QED) is 0.319. The van der Waals surface area contributed by atoms with Crippen LogP contribution in [0.3, 0.4) is 0 Å². The van der Waals surface area contributed by atoms with Crippen LogP contribution >= 0.6 is 11.9 Å². The fourth-order valence-electron chi connectivity index (χ4n) is 2.08. The van der Waals surface area contributed by atoms with Crippen LogP contribution < -0.4 is 21.9 Å². The number of ether oxygens (including phenoxy) is 1. The molecule has 0 aliphatic rings. The number of hydrogen-bond acceptors (Lipinski definition) is 8. The summed E-state index contributed by atoms with van der Waals surface area (Å²) < 4.78 is 5.55. The third-order valence-electron chi connectivity index (χ3n) is 3.25. The van der Waals surface area contributed by atoms with Crippen LogP contribution in [0.2, 0.25) is 0 Å². The topological polar surface area (TPSA) is 141 Å². The summed E-state index contributed by atoms with van der Waals surface area (Å²) in [6, 6.07) is 1.87. The van der Waals surface area contributed by atoms with Crippen molar-refractivity contribution >= 4 is 33.6 Å². The van der Waals surface area contributed by atoms with Gasteiger partial charge in [0.2, 0.25) is 0 Å². The SMILES string of the molecule is N/C=C(\SN)c1cc2[nH]ncc2c(NCCOCCCCN)n1. The number of rotatable bonds is 10. The maximum atomic E-state index is 5.62. The van der Waals surface area contributed by atoms with E-state index in [1.54, 1.807) is 6.20 Å². The summed E-state index contributed by atoms with van der Waals surface area (Å²) >= 11 is 1.06. The van der Waals surface area contributed by atoms with E-state index in [4.69, 9.17) is 21.3 Å². The van der Waals surface area contributed by atoms with Crippen molar-refractivity contribution in [1.82, 2.24) is 15.2 Å². The van der Waals surface area contributed by atoms with Gasteiger partial charge in [0.15, 0.2) is 0 Å². The summed E-state index contributed by atoms with van der Waals surface area (Å²) in [7, 11) is 0. The Kier molecular flexibility index (Phi) is 7.14. The zero-order chi connectivity index (χ0) is 16.5. The van der Waals surface area contributed by atoms with Crippen LogP contribution in [0, 0.1) is 0 Å². The van der Waals surface area contributed by atoms with E-state index in [0.29, 0.717) is 30.3 Å². The van der Waals surface area contributed by atoms with Crippen molar-refractivity contribution in [2.24, 2.45) is 16.6 Å². The Morgan fingerprint density at radius 2 is 2.26 bits per heavy atom. The minimum atomic E-state index is 0.598. The molecule has 0 bridgehead atoms. The number of nitrogens with two attached hydrogens (primary N) is 3. The predicted octanol–water partition coefficient (Wildman–Crippen LogP) is 0.989. The van der Waals surface area contributed by atoms with Crippen molar-refractivity contribution in [3.05, 3.63) is 24.2 Å². The molecular formula is C14H23N7OS. The maximum Gasteiger partial charge on any atom is 0.137 e. The van der Waals surface area contributed by atoms with Crippen molar-refractivity contribution < 1.29 is 4.74 Å². The fraction of sp³-hybridized carbons (Fsp3) is 0.429. The van der Waals surface area contributed by atoms with Gasteiger partial charge in [0.05, 0.1) is 34.3 Å². The van der Waals surface area contributed by atoms with Crippen molar-refractivity contribution in [1.29, 1.82) is 0 Å². The molecule has 0 aromatic carbocycles. The molecule has 8 N–H and O–H groups in total. The number of anilines is 1. The Hall–Kier alpha value is -1.81. The van der Waals surface area contributed by atoms with Gasteiger partial charge in [-0.05, 0) is 37.4 Å². The molecule has 0 aliphatic carbocycles. The average molecular weight is 337 g/mol. The molecule has 0 radical (unpaired) electrons. The molecule has 2 rings (SSSR count). The standard InChI is InChI=1S/C14H23N7OS/c15-3-1-2-5-22-6-4-18-14-10-9-19-21-11(10)7-12(20-14)13(8-16)23-17/h7-9H,1-6,15-17H2,(H,18,20)(H,19,21)/b13-8-. The first-order chi connectivity index (χ1) is 11.3. The third-order valence-corrected chi connectivity index (χ3v) is 3.85. The summed E-state index contributed by atoms with van der Waals surface area (Å²) in [6.45, 7) is 2.67. The van der Waals surface area contributed by atoms with Gasteiger partial charge in [0.1, 0.15) is 5.82 Å². The monoisotopic (exact) mass is 337 g/mol. The number of H-pyrrole nitrogens is 1. The minimum absolute atomic E-state index is 0.598. The van der Waals surface area contributed by atoms with E-state index < -0.39 is 0 Å². The molecule has 0 spiro atoms. The first-order valence-electron chi connectivity index (χ1n) is 7.45. The molecule has 9 heteroatoms. The number of hydrogen-bond donors (Lipinski definition) is 5. The molecule has 126 valence electrons. The summed E-state index contributed by atoms with van der Waals surface area (Å²) in [6.07, 6.45) is 5.14. The Labute approximate surface area is 139 Å². The highest BCUT2D eigenvalue weighted by Gasteiger charge is 2.10. The van der Waals surface area contributed by atoms with Gasteiger partial charge < -0.3 is 21.5 Å². The van der Waals surface area contributed by atoms with E-state index in [0.717, 1.165) is 48.1 Å². The fourth-order valence-corrected chi connectivity index (χ4v) is 2.39. The summed E-state index contributed by atoms with van der Waals surface area (Å²) in [5, 5.41) is 16.8. The maximum absolute atomic E-state index is 5.62. The zero-order valence-corrected chi connectivity index (χ0v) is 13.7. The lowest BCUT2D eigenvalue weighted by Crippen LogP contribution is -2.12. The van der Waals surface area contributed by atoms with Crippen LogP contribution in [0.1, 0.15) is 18.5 Å². The molecule has 23 heavy (non-hydrogen) atoms. The van der Waals surface area contributed by atoms with Crippen LogP contribution in [0.4, 0.5) is 5.82 Å². The highest BCUT2D eigenvalue weighted by Crippen LogP contribution is 2.27. The molecule has 0 saturated heterocycles. The van der Waals surface area contributed by atoms with Gasteiger partial charge in [0, 0.05) is 19.4 Å². The lowest BCUT2D eigenvalue weighted by Gasteiger charge is -2.10. The molecule has 0 aliphatic heterocycles. The molecule has 2 aromatic heterocycles. The van der Waals surface area contributed by atoms with E-state index in [2.05, 4.69) is 20.5 Å². The van der Waals surface area contributed by atoms with Crippen LogP contribution in [-0.2, 0) is 4.74 Å². The van der Waals surface area contributed by atoms with Crippen LogP contribution in [0.25, 0.3) is 15.8 Å². The summed E-state index contributed by atoms with van der Waals surface area (Å²) in [5.74, 6) is 0.727. The Balaban J connectivity index is 2.00. The highest BCUT2D eigenvalue weighted by molar-refractivity contribution is 8.06.